The fourth-order valence-corrected chi connectivity index (χ4v) is 3.56. The number of amides is 1. The van der Waals surface area contributed by atoms with Crippen LogP contribution in [0.4, 0.5) is 13.2 Å². The lowest BCUT2D eigenvalue weighted by molar-refractivity contribution is -0.151. The van der Waals surface area contributed by atoms with E-state index in [-0.39, 0.29) is 30.0 Å². The third kappa shape index (κ3) is 3.57. The molecule has 0 aliphatic carbocycles. The molecule has 0 unspecified atom stereocenters. The van der Waals surface area contributed by atoms with Crippen molar-refractivity contribution in [2.24, 2.45) is 0 Å². The van der Waals surface area contributed by atoms with E-state index in [1.54, 1.807) is 4.90 Å². The van der Waals surface area contributed by atoms with Crippen LogP contribution >= 0.6 is 0 Å². The summed E-state index contributed by atoms with van der Waals surface area (Å²) in [7, 11) is 1.98. The zero-order chi connectivity index (χ0) is 17.3. The highest BCUT2D eigenvalue weighted by atomic mass is 19.4. The highest BCUT2D eigenvalue weighted by Crippen LogP contribution is 2.32. The van der Waals surface area contributed by atoms with Crippen molar-refractivity contribution in [2.45, 2.75) is 31.2 Å². The second kappa shape index (κ2) is 6.72. The number of likely N-dealkylation sites (tertiary alicyclic amines) is 1. The Kier molecular flexibility index (Phi) is 4.83. The van der Waals surface area contributed by atoms with Crippen LogP contribution in [0, 0.1) is 0 Å². The molecule has 4 nitrogen and oxygen atoms in total. The lowest BCUT2D eigenvalue weighted by atomic mass is 9.97. The SMILES string of the molecule is CN1CC[C@H]2OCCN(C(=O)Cc3ccccc3C(F)(F)F)[C@H]2C1. The quantitative estimate of drug-likeness (QED) is 0.826. The first-order chi connectivity index (χ1) is 11.4. The van der Waals surface area contributed by atoms with E-state index in [1.807, 2.05) is 7.05 Å². The maximum atomic E-state index is 13.1. The van der Waals surface area contributed by atoms with E-state index in [2.05, 4.69) is 4.90 Å². The van der Waals surface area contributed by atoms with Crippen LogP contribution in [0.5, 0.6) is 0 Å². The van der Waals surface area contributed by atoms with Crippen molar-refractivity contribution in [2.75, 3.05) is 33.3 Å². The van der Waals surface area contributed by atoms with Crippen LogP contribution in [0.2, 0.25) is 0 Å². The molecular weight excluding hydrogens is 321 g/mol. The van der Waals surface area contributed by atoms with E-state index in [0.29, 0.717) is 19.7 Å². The number of hydrogen-bond donors (Lipinski definition) is 0. The van der Waals surface area contributed by atoms with Crippen molar-refractivity contribution in [1.29, 1.82) is 0 Å². The number of nitrogens with zero attached hydrogens (tertiary/aromatic N) is 2. The summed E-state index contributed by atoms with van der Waals surface area (Å²) in [6, 6.07) is 5.21. The number of ether oxygens (including phenoxy) is 1. The summed E-state index contributed by atoms with van der Waals surface area (Å²) >= 11 is 0. The lowest BCUT2D eigenvalue weighted by Gasteiger charge is -2.46. The maximum Gasteiger partial charge on any atom is 0.416 e. The van der Waals surface area contributed by atoms with Crippen LogP contribution in [0.3, 0.4) is 0 Å². The molecule has 0 radical (unpaired) electrons. The second-order valence-electron chi connectivity index (χ2n) is 6.45. The maximum absolute atomic E-state index is 13.1. The Morgan fingerprint density at radius 3 is 2.79 bits per heavy atom. The van der Waals surface area contributed by atoms with Crippen molar-refractivity contribution >= 4 is 5.91 Å². The van der Waals surface area contributed by atoms with Gasteiger partial charge >= 0.3 is 6.18 Å². The summed E-state index contributed by atoms with van der Waals surface area (Å²) in [6.45, 7) is 2.47. The zero-order valence-electron chi connectivity index (χ0n) is 13.6. The molecule has 1 aromatic rings. The number of carbonyl (C=O) groups is 1. The van der Waals surface area contributed by atoms with Crippen LogP contribution in [-0.2, 0) is 22.1 Å². The minimum atomic E-state index is -4.45. The normalized spacial score (nSPS) is 25.4. The van der Waals surface area contributed by atoms with Gasteiger partial charge < -0.3 is 14.5 Å². The monoisotopic (exact) mass is 342 g/mol. The molecule has 0 aromatic heterocycles. The summed E-state index contributed by atoms with van der Waals surface area (Å²) in [5.74, 6) is -0.264. The van der Waals surface area contributed by atoms with Crippen LogP contribution in [0.1, 0.15) is 17.5 Å². The molecule has 2 atom stereocenters. The number of fused-ring (bicyclic) bond motifs is 1. The van der Waals surface area contributed by atoms with E-state index in [1.165, 1.54) is 18.2 Å². The topological polar surface area (TPSA) is 32.8 Å². The number of benzene rings is 1. The summed E-state index contributed by atoms with van der Waals surface area (Å²) in [5, 5.41) is 0. The number of piperidine rings is 1. The van der Waals surface area contributed by atoms with Gasteiger partial charge in [-0.05, 0) is 25.1 Å². The number of alkyl halides is 3. The van der Waals surface area contributed by atoms with Gasteiger partial charge in [0, 0.05) is 19.6 Å². The first-order valence-electron chi connectivity index (χ1n) is 8.11. The summed E-state index contributed by atoms with van der Waals surface area (Å²) < 4.78 is 45.1. The minimum absolute atomic E-state index is 0.0169. The average Bonchev–Trinajstić information content (AvgIpc) is 2.53. The predicted molar refractivity (Wildman–Crippen MR) is 82.5 cm³/mol. The fourth-order valence-electron chi connectivity index (χ4n) is 3.56. The fraction of sp³-hybridized carbons (Fsp3) is 0.588. The molecule has 132 valence electrons. The largest absolute Gasteiger partial charge is 0.416 e. The van der Waals surface area contributed by atoms with Crippen LogP contribution < -0.4 is 0 Å². The van der Waals surface area contributed by atoms with Crippen molar-refractivity contribution in [3.05, 3.63) is 35.4 Å². The van der Waals surface area contributed by atoms with E-state index < -0.39 is 11.7 Å². The van der Waals surface area contributed by atoms with Gasteiger partial charge in [-0.2, -0.15) is 13.2 Å². The van der Waals surface area contributed by atoms with Gasteiger partial charge in [-0.3, -0.25) is 4.79 Å². The standard InChI is InChI=1S/C17H21F3N2O2/c1-21-7-6-15-14(11-21)22(8-9-24-15)16(23)10-12-4-2-3-5-13(12)17(18,19)20/h2-5,14-15H,6-11H2,1H3/t14-,15+/m0/s1. The molecule has 0 saturated carbocycles. The smallest absolute Gasteiger partial charge is 0.374 e. The van der Waals surface area contributed by atoms with Crippen LogP contribution in [0.25, 0.3) is 0 Å². The van der Waals surface area contributed by atoms with E-state index in [4.69, 9.17) is 4.74 Å². The van der Waals surface area contributed by atoms with Crippen LogP contribution in [0.15, 0.2) is 24.3 Å². The number of halogens is 3. The van der Waals surface area contributed by atoms with Gasteiger partial charge in [0.2, 0.25) is 5.91 Å². The van der Waals surface area contributed by atoms with Crippen molar-refractivity contribution < 1.29 is 22.7 Å². The Labute approximate surface area is 139 Å². The molecule has 2 fully saturated rings. The molecule has 24 heavy (non-hydrogen) atoms. The van der Waals surface area contributed by atoms with Crippen molar-refractivity contribution in [3.63, 3.8) is 0 Å². The van der Waals surface area contributed by atoms with E-state index >= 15 is 0 Å². The Morgan fingerprint density at radius 1 is 1.29 bits per heavy atom. The highest BCUT2D eigenvalue weighted by Gasteiger charge is 2.39. The van der Waals surface area contributed by atoms with E-state index in [9.17, 15) is 18.0 Å². The lowest BCUT2D eigenvalue weighted by Crippen LogP contribution is -2.61. The molecule has 2 aliphatic heterocycles. The minimum Gasteiger partial charge on any atom is -0.374 e. The molecule has 7 heteroatoms. The molecule has 1 aromatic carbocycles. The second-order valence-corrected chi connectivity index (χ2v) is 6.45. The van der Waals surface area contributed by atoms with Gasteiger partial charge in [-0.1, -0.05) is 18.2 Å². The first-order valence-corrected chi connectivity index (χ1v) is 8.11. The third-order valence-corrected chi connectivity index (χ3v) is 4.77. The number of carbonyl (C=O) groups excluding carboxylic acids is 1. The molecule has 0 spiro atoms. The molecule has 2 saturated heterocycles. The van der Waals surface area contributed by atoms with Gasteiger partial charge in [0.1, 0.15) is 0 Å². The van der Waals surface area contributed by atoms with Gasteiger partial charge in [0.15, 0.2) is 0 Å². The molecule has 0 N–H and O–H groups in total. The summed E-state index contributed by atoms with van der Waals surface area (Å²) in [6.07, 6.45) is -3.86. The Hall–Kier alpha value is -1.60. The molecule has 0 bridgehead atoms. The number of likely N-dealkylation sites (N-methyl/N-ethyl adjacent to an activating group) is 1. The Bertz CT molecular complexity index is 606. The molecular formula is C17H21F3N2O2. The van der Waals surface area contributed by atoms with Crippen molar-refractivity contribution in [3.8, 4) is 0 Å². The predicted octanol–water partition coefficient (Wildman–Crippen LogP) is 2.18. The average molecular weight is 342 g/mol. The van der Waals surface area contributed by atoms with Crippen molar-refractivity contribution in [1.82, 2.24) is 9.80 Å². The molecule has 2 heterocycles. The summed E-state index contributed by atoms with van der Waals surface area (Å²) in [4.78, 5) is 16.5. The van der Waals surface area contributed by atoms with Gasteiger partial charge in [-0.15, -0.1) is 0 Å². The number of hydrogen-bond acceptors (Lipinski definition) is 3. The summed E-state index contributed by atoms with van der Waals surface area (Å²) in [5.41, 5.74) is -0.703. The Morgan fingerprint density at radius 2 is 2.04 bits per heavy atom. The molecule has 1 amide bonds. The highest BCUT2D eigenvalue weighted by molar-refractivity contribution is 5.79. The van der Waals surface area contributed by atoms with Gasteiger partial charge in [-0.25, -0.2) is 0 Å². The first kappa shape index (κ1) is 17.2. The molecule has 3 rings (SSSR count). The van der Waals surface area contributed by atoms with Gasteiger partial charge in [0.25, 0.3) is 0 Å². The third-order valence-electron chi connectivity index (χ3n) is 4.77. The van der Waals surface area contributed by atoms with E-state index in [0.717, 1.165) is 19.0 Å². The number of morpholine rings is 1. The molecule has 2 aliphatic rings. The Balaban J connectivity index is 1.77. The van der Waals surface area contributed by atoms with Gasteiger partial charge in [0.05, 0.1) is 30.7 Å². The van der Waals surface area contributed by atoms with Crippen LogP contribution in [-0.4, -0.2) is 61.1 Å². The zero-order valence-corrected chi connectivity index (χ0v) is 13.6. The number of rotatable bonds is 2.